The topological polar surface area (TPSA) is 33.2 Å². The zero-order valence-electron chi connectivity index (χ0n) is 16.6. The Morgan fingerprint density at radius 3 is 2.34 bits per heavy atom. The Morgan fingerprint density at radius 2 is 1.69 bits per heavy atom. The Hall–Kier alpha value is -1.29. The maximum atomic E-state index is 13.1. The largest absolute Gasteiger partial charge is 0.339 e. The average molecular weight is 454 g/mol. The number of benzene rings is 1. The van der Waals surface area contributed by atoms with Gasteiger partial charge in [-0.2, -0.15) is 0 Å². The zero-order chi connectivity index (χ0) is 19.7. The van der Waals surface area contributed by atoms with E-state index in [1.165, 1.54) is 19.3 Å². The highest BCUT2D eigenvalue weighted by molar-refractivity contribution is 6.36. The van der Waals surface area contributed by atoms with Gasteiger partial charge in [0, 0.05) is 40.9 Å². The van der Waals surface area contributed by atoms with Gasteiger partial charge < -0.3 is 4.90 Å². The van der Waals surface area contributed by atoms with Crippen LogP contribution in [0, 0.1) is 11.8 Å². The minimum atomic E-state index is -0.0177. The van der Waals surface area contributed by atoms with Crippen molar-refractivity contribution < 1.29 is 4.79 Å². The fourth-order valence-electron chi connectivity index (χ4n) is 4.80. The summed E-state index contributed by atoms with van der Waals surface area (Å²) in [6.45, 7) is 3.15. The molecule has 2 heterocycles. The van der Waals surface area contributed by atoms with Gasteiger partial charge in [0.2, 0.25) is 5.91 Å². The van der Waals surface area contributed by atoms with Crippen molar-refractivity contribution in [2.24, 2.45) is 11.8 Å². The molecule has 4 rings (SSSR count). The summed E-state index contributed by atoms with van der Waals surface area (Å²) < 4.78 is 0. The number of aromatic nitrogens is 1. The van der Waals surface area contributed by atoms with Gasteiger partial charge in [-0.05, 0) is 72.6 Å². The number of amides is 1. The number of carbonyl (C=O) groups is 1. The molecule has 6 heteroatoms. The van der Waals surface area contributed by atoms with Gasteiger partial charge in [0.05, 0.1) is 0 Å². The van der Waals surface area contributed by atoms with E-state index >= 15 is 0 Å². The highest BCUT2D eigenvalue weighted by Crippen LogP contribution is 2.37. The van der Waals surface area contributed by atoms with Crippen molar-refractivity contribution in [1.82, 2.24) is 9.88 Å². The van der Waals surface area contributed by atoms with Crippen molar-refractivity contribution in [3.8, 4) is 11.1 Å². The van der Waals surface area contributed by atoms with E-state index < -0.39 is 0 Å². The summed E-state index contributed by atoms with van der Waals surface area (Å²) in [6.07, 6.45) is 9.91. The van der Waals surface area contributed by atoms with Crippen LogP contribution in [0.5, 0.6) is 0 Å². The van der Waals surface area contributed by atoms with E-state index in [1.807, 2.05) is 24.3 Å². The summed E-state index contributed by atoms with van der Waals surface area (Å²) in [4.78, 5) is 19.3. The minimum absolute atomic E-state index is 0. The van der Waals surface area contributed by atoms with E-state index in [-0.39, 0.29) is 24.2 Å². The first kappa shape index (κ1) is 22.4. The molecule has 1 aromatic heterocycles. The number of pyridine rings is 1. The summed E-state index contributed by atoms with van der Waals surface area (Å²) in [6, 6.07) is 8.17. The Labute approximate surface area is 189 Å². The molecule has 2 fully saturated rings. The van der Waals surface area contributed by atoms with Crippen LogP contribution in [0.15, 0.2) is 36.7 Å². The summed E-state index contributed by atoms with van der Waals surface area (Å²) in [5, 5.41) is 1.27. The Morgan fingerprint density at radius 1 is 1.03 bits per heavy atom. The number of likely N-dealkylation sites (tertiary alicyclic amines) is 1. The van der Waals surface area contributed by atoms with Crippen LogP contribution in [0.2, 0.25) is 10.0 Å². The molecule has 2 aliphatic rings. The van der Waals surface area contributed by atoms with Gasteiger partial charge >= 0.3 is 0 Å². The molecule has 1 amide bonds. The van der Waals surface area contributed by atoms with Gasteiger partial charge in [-0.3, -0.25) is 9.78 Å². The molecule has 3 nitrogen and oxygen atoms in total. The molecule has 0 spiro atoms. The molecule has 0 radical (unpaired) electrons. The van der Waals surface area contributed by atoms with E-state index in [9.17, 15) is 4.79 Å². The molecule has 0 N–H and O–H groups in total. The van der Waals surface area contributed by atoms with E-state index in [0.717, 1.165) is 36.1 Å². The molecule has 2 aromatic rings. The van der Waals surface area contributed by atoms with E-state index in [4.69, 9.17) is 23.2 Å². The predicted octanol–water partition coefficient (Wildman–Crippen LogP) is 6.45. The number of rotatable bonds is 4. The summed E-state index contributed by atoms with van der Waals surface area (Å²) in [5.41, 5.74) is 2.88. The monoisotopic (exact) mass is 452 g/mol. The first-order valence-corrected chi connectivity index (χ1v) is 11.0. The lowest BCUT2D eigenvalue weighted by molar-refractivity contribution is -0.134. The van der Waals surface area contributed by atoms with Crippen molar-refractivity contribution in [2.45, 2.75) is 51.5 Å². The smallest absolute Gasteiger partial charge is 0.226 e. The van der Waals surface area contributed by atoms with Gasteiger partial charge in [0.15, 0.2) is 0 Å². The number of carbonyl (C=O) groups excluding carboxylic acids is 1. The predicted molar refractivity (Wildman–Crippen MR) is 122 cm³/mol. The molecular formula is C23H27Cl3N2O. The number of hydrogen-bond donors (Lipinski definition) is 0. The highest BCUT2D eigenvalue weighted by Gasteiger charge is 2.38. The average Bonchev–Trinajstić information content (AvgIpc) is 3.06. The molecule has 1 unspecified atom stereocenters. The second-order valence-electron chi connectivity index (χ2n) is 8.20. The third-order valence-electron chi connectivity index (χ3n) is 6.42. The van der Waals surface area contributed by atoms with Gasteiger partial charge in [-0.1, -0.05) is 43.0 Å². The molecule has 1 saturated heterocycles. The molecular weight excluding hydrogens is 427 g/mol. The van der Waals surface area contributed by atoms with Gasteiger partial charge in [0.1, 0.15) is 0 Å². The van der Waals surface area contributed by atoms with Crippen molar-refractivity contribution >= 4 is 41.5 Å². The Balaban J connectivity index is 0.00000240. The lowest BCUT2D eigenvalue weighted by Crippen LogP contribution is -2.43. The third-order valence-corrected chi connectivity index (χ3v) is 7.10. The van der Waals surface area contributed by atoms with Gasteiger partial charge in [-0.25, -0.2) is 0 Å². The van der Waals surface area contributed by atoms with Crippen molar-refractivity contribution in [1.29, 1.82) is 0 Å². The van der Waals surface area contributed by atoms with Crippen LogP contribution in [-0.2, 0) is 11.2 Å². The van der Waals surface area contributed by atoms with E-state index in [1.54, 1.807) is 12.4 Å². The second kappa shape index (κ2) is 9.68. The normalized spacial score (nSPS) is 24.4. The van der Waals surface area contributed by atoms with Crippen LogP contribution < -0.4 is 0 Å². The standard InChI is InChI=1S/C23H26Cl2N2O.ClH/c1-15-4-2-3-5-22(15)27-11-8-17(23(27)28)12-19-20(24)13-18(14-21(19)25)16-6-9-26-10-7-16;/h6-7,9-10,13-15,17,22H,2-5,8,11-12H2,1H3;1H/t15-,17?,22+;/m0./s1. The molecule has 1 aliphatic carbocycles. The fraction of sp³-hybridized carbons (Fsp3) is 0.478. The van der Waals surface area contributed by atoms with Gasteiger partial charge in [-0.15, -0.1) is 12.4 Å². The second-order valence-corrected chi connectivity index (χ2v) is 9.02. The maximum absolute atomic E-state index is 13.1. The molecule has 1 saturated carbocycles. The molecule has 1 aromatic carbocycles. The van der Waals surface area contributed by atoms with Crippen LogP contribution in [0.3, 0.4) is 0 Å². The molecule has 0 bridgehead atoms. The van der Waals surface area contributed by atoms with E-state index in [0.29, 0.717) is 28.4 Å². The highest BCUT2D eigenvalue weighted by atomic mass is 35.5. The molecule has 156 valence electrons. The first-order valence-electron chi connectivity index (χ1n) is 10.2. The zero-order valence-corrected chi connectivity index (χ0v) is 18.9. The summed E-state index contributed by atoms with van der Waals surface area (Å²) in [7, 11) is 0. The molecule has 3 atom stereocenters. The van der Waals surface area contributed by atoms with Crippen molar-refractivity contribution in [3.63, 3.8) is 0 Å². The van der Waals surface area contributed by atoms with Crippen molar-refractivity contribution in [3.05, 3.63) is 52.3 Å². The molecule has 29 heavy (non-hydrogen) atoms. The number of nitrogens with zero attached hydrogens (tertiary/aromatic N) is 2. The third kappa shape index (κ3) is 4.73. The molecule has 1 aliphatic heterocycles. The lowest BCUT2D eigenvalue weighted by atomic mass is 9.85. The van der Waals surface area contributed by atoms with Crippen LogP contribution >= 0.6 is 35.6 Å². The number of hydrogen-bond acceptors (Lipinski definition) is 2. The quantitative estimate of drug-likeness (QED) is 0.533. The van der Waals surface area contributed by atoms with Crippen LogP contribution in [0.25, 0.3) is 11.1 Å². The van der Waals surface area contributed by atoms with Crippen LogP contribution in [0.1, 0.15) is 44.6 Å². The van der Waals surface area contributed by atoms with Crippen LogP contribution in [-0.4, -0.2) is 28.4 Å². The summed E-state index contributed by atoms with van der Waals surface area (Å²) in [5.74, 6) is 0.864. The SMILES string of the molecule is C[C@H]1CCCC[C@H]1N1CCC(Cc2c(Cl)cc(-c3ccncc3)cc2Cl)C1=O.Cl. The fourth-order valence-corrected chi connectivity index (χ4v) is 5.44. The van der Waals surface area contributed by atoms with Gasteiger partial charge in [0.25, 0.3) is 0 Å². The Kier molecular flexibility index (Phi) is 7.47. The van der Waals surface area contributed by atoms with E-state index in [2.05, 4.69) is 16.8 Å². The number of halogens is 3. The maximum Gasteiger partial charge on any atom is 0.226 e. The summed E-state index contributed by atoms with van der Waals surface area (Å²) >= 11 is 13.2. The van der Waals surface area contributed by atoms with Crippen LogP contribution in [0.4, 0.5) is 0 Å². The minimum Gasteiger partial charge on any atom is -0.339 e. The van der Waals surface area contributed by atoms with Crippen molar-refractivity contribution in [2.75, 3.05) is 6.54 Å². The lowest BCUT2D eigenvalue weighted by Gasteiger charge is -2.36. The first-order chi connectivity index (χ1) is 13.5. The Bertz CT molecular complexity index is 835.